The number of amides is 1. The van der Waals surface area contributed by atoms with Gasteiger partial charge in [0.25, 0.3) is 5.91 Å². The van der Waals surface area contributed by atoms with Gasteiger partial charge in [-0.05, 0) is 25.5 Å². The predicted octanol–water partition coefficient (Wildman–Crippen LogP) is 2.35. The molecule has 0 spiro atoms. The van der Waals surface area contributed by atoms with Crippen molar-refractivity contribution in [1.29, 1.82) is 0 Å². The van der Waals surface area contributed by atoms with Crippen LogP contribution in [0.3, 0.4) is 0 Å². The monoisotopic (exact) mass is 443 g/mol. The number of allylic oxidation sites excluding steroid dienone is 2. The summed E-state index contributed by atoms with van der Waals surface area (Å²) in [5.41, 5.74) is -0.555. The van der Waals surface area contributed by atoms with Crippen molar-refractivity contribution in [2.24, 2.45) is 0 Å². The van der Waals surface area contributed by atoms with Gasteiger partial charge in [-0.15, -0.1) is 0 Å². The molecule has 0 fully saturated rings. The summed E-state index contributed by atoms with van der Waals surface area (Å²) in [6.45, 7) is 1.69. The number of rotatable bonds is 7. The molecule has 1 aliphatic carbocycles. The van der Waals surface area contributed by atoms with Gasteiger partial charge in [0.15, 0.2) is 28.0 Å². The minimum Gasteiger partial charge on any atom is -0.511 e. The fourth-order valence-electron chi connectivity index (χ4n) is 2.78. The van der Waals surface area contributed by atoms with Crippen molar-refractivity contribution >= 4 is 38.9 Å². The minimum absolute atomic E-state index is 0.116. The van der Waals surface area contributed by atoms with Gasteiger partial charge in [0.05, 0.1) is 5.02 Å². The fraction of sp³-hybridized carbons (Fsp3) is 0.421. The van der Waals surface area contributed by atoms with Crippen molar-refractivity contribution in [2.75, 3.05) is 26.5 Å². The van der Waals surface area contributed by atoms with Crippen LogP contribution in [0.2, 0.25) is 5.02 Å². The highest BCUT2D eigenvalue weighted by molar-refractivity contribution is 7.90. The van der Waals surface area contributed by atoms with Crippen LogP contribution < -0.4 is 4.74 Å². The zero-order chi connectivity index (χ0) is 21.9. The Morgan fingerprint density at radius 1 is 1.28 bits per heavy atom. The van der Waals surface area contributed by atoms with Crippen molar-refractivity contribution in [1.82, 2.24) is 4.90 Å². The molecule has 10 heteroatoms. The summed E-state index contributed by atoms with van der Waals surface area (Å²) >= 11 is 6.28. The average Bonchev–Trinajstić information content (AvgIpc) is 2.64. The van der Waals surface area contributed by atoms with Gasteiger partial charge in [-0.1, -0.05) is 11.6 Å². The van der Waals surface area contributed by atoms with Crippen LogP contribution in [-0.2, 0) is 19.4 Å². The molecule has 0 saturated carbocycles. The lowest BCUT2D eigenvalue weighted by molar-refractivity contribution is -0.131. The van der Waals surface area contributed by atoms with Crippen LogP contribution in [0.25, 0.3) is 0 Å². The SMILES string of the molecule is CCN(C)C(=O)COc1c(S(C)(=O)=O)ccc(C(=O)C2=C(O)CCCC2=O)c1Cl. The van der Waals surface area contributed by atoms with Crippen LogP contribution in [-0.4, -0.2) is 62.4 Å². The molecule has 1 aromatic carbocycles. The summed E-state index contributed by atoms with van der Waals surface area (Å²) in [7, 11) is -2.24. The lowest BCUT2D eigenvalue weighted by Crippen LogP contribution is -2.31. The van der Waals surface area contributed by atoms with E-state index in [9.17, 15) is 27.9 Å². The molecule has 1 N–H and O–H groups in total. The molecule has 8 nitrogen and oxygen atoms in total. The summed E-state index contributed by atoms with van der Waals surface area (Å²) in [5.74, 6) is -2.41. The number of hydrogen-bond donors (Lipinski definition) is 1. The van der Waals surface area contributed by atoms with Crippen LogP contribution in [0, 0.1) is 0 Å². The number of Topliss-reactive ketones (excluding diaryl/α,β-unsaturated/α-hetero) is 2. The Labute approximate surface area is 174 Å². The van der Waals surface area contributed by atoms with Gasteiger partial charge in [-0.3, -0.25) is 14.4 Å². The molecule has 0 radical (unpaired) electrons. The first-order chi connectivity index (χ1) is 13.5. The highest BCUT2D eigenvalue weighted by Crippen LogP contribution is 2.37. The minimum atomic E-state index is -3.79. The highest BCUT2D eigenvalue weighted by atomic mass is 35.5. The molecule has 0 unspecified atom stereocenters. The second-order valence-electron chi connectivity index (χ2n) is 6.65. The van der Waals surface area contributed by atoms with Crippen LogP contribution in [0.4, 0.5) is 0 Å². The molecule has 0 aromatic heterocycles. The van der Waals surface area contributed by atoms with Crippen LogP contribution in [0.15, 0.2) is 28.4 Å². The third-order valence-corrected chi connectivity index (χ3v) is 6.05. The summed E-state index contributed by atoms with van der Waals surface area (Å²) < 4.78 is 29.6. The maximum Gasteiger partial charge on any atom is 0.260 e. The second-order valence-corrected chi connectivity index (χ2v) is 9.01. The van der Waals surface area contributed by atoms with Crippen molar-refractivity contribution in [2.45, 2.75) is 31.1 Å². The first kappa shape index (κ1) is 22.9. The van der Waals surface area contributed by atoms with Gasteiger partial charge in [0.1, 0.15) is 16.2 Å². The second kappa shape index (κ2) is 8.96. The predicted molar refractivity (Wildman–Crippen MR) is 106 cm³/mol. The van der Waals surface area contributed by atoms with Crippen molar-refractivity contribution in [3.05, 3.63) is 34.1 Å². The molecule has 0 aliphatic heterocycles. The first-order valence-corrected chi connectivity index (χ1v) is 11.1. The summed E-state index contributed by atoms with van der Waals surface area (Å²) in [5, 5.41) is 9.65. The highest BCUT2D eigenvalue weighted by Gasteiger charge is 2.31. The number of carbonyl (C=O) groups excluding carboxylic acids is 3. The largest absolute Gasteiger partial charge is 0.511 e. The van der Waals surface area contributed by atoms with Gasteiger partial charge >= 0.3 is 0 Å². The lowest BCUT2D eigenvalue weighted by atomic mass is 9.90. The number of nitrogens with zero attached hydrogens (tertiary/aromatic N) is 1. The van der Waals surface area contributed by atoms with Crippen LogP contribution in [0.5, 0.6) is 5.75 Å². The summed E-state index contributed by atoms with van der Waals surface area (Å²) in [6.07, 6.45) is 1.67. The number of hydrogen-bond acceptors (Lipinski definition) is 7. The lowest BCUT2D eigenvalue weighted by Gasteiger charge is -2.19. The molecule has 1 amide bonds. The zero-order valence-corrected chi connectivity index (χ0v) is 17.9. The third kappa shape index (κ3) is 4.97. The van der Waals surface area contributed by atoms with Gasteiger partial charge in [-0.2, -0.15) is 0 Å². The number of benzene rings is 1. The first-order valence-electron chi connectivity index (χ1n) is 8.88. The number of aliphatic hydroxyl groups is 1. The number of likely N-dealkylation sites (N-methyl/N-ethyl adjacent to an activating group) is 1. The maximum atomic E-state index is 12.8. The zero-order valence-electron chi connectivity index (χ0n) is 16.3. The molecule has 1 aromatic rings. The Kier molecular flexibility index (Phi) is 7.07. The smallest absolute Gasteiger partial charge is 0.260 e. The van der Waals surface area contributed by atoms with Crippen molar-refractivity contribution < 1.29 is 32.6 Å². The Morgan fingerprint density at radius 3 is 2.48 bits per heavy atom. The Balaban J connectivity index is 2.53. The van der Waals surface area contributed by atoms with Gasteiger partial charge in [0.2, 0.25) is 5.78 Å². The molecular formula is C19H22ClNO7S. The number of aliphatic hydroxyl groups excluding tert-OH is 1. The molecule has 0 heterocycles. The van der Waals surface area contributed by atoms with E-state index in [1.807, 2.05) is 0 Å². The van der Waals surface area contributed by atoms with E-state index in [4.69, 9.17) is 16.3 Å². The molecule has 0 saturated heterocycles. The van der Waals surface area contributed by atoms with Gasteiger partial charge in [-0.25, -0.2) is 8.42 Å². The number of sulfone groups is 1. The van der Waals surface area contributed by atoms with Crippen LogP contribution in [0.1, 0.15) is 36.5 Å². The van der Waals surface area contributed by atoms with E-state index in [0.717, 1.165) is 18.4 Å². The fourth-order valence-corrected chi connectivity index (χ4v) is 3.95. The van der Waals surface area contributed by atoms with E-state index in [1.54, 1.807) is 14.0 Å². The Morgan fingerprint density at radius 2 is 1.93 bits per heavy atom. The van der Waals surface area contributed by atoms with E-state index < -0.39 is 33.9 Å². The van der Waals surface area contributed by atoms with Gasteiger partial charge < -0.3 is 14.7 Å². The maximum absolute atomic E-state index is 12.8. The molecule has 0 bridgehead atoms. The van der Waals surface area contributed by atoms with Crippen LogP contribution >= 0.6 is 11.6 Å². The Hall–Kier alpha value is -2.39. The van der Waals surface area contributed by atoms with Crippen molar-refractivity contribution in [3.63, 3.8) is 0 Å². The molecule has 0 atom stereocenters. The summed E-state index contributed by atoms with van der Waals surface area (Å²) in [4.78, 5) is 38.1. The number of carbonyl (C=O) groups is 3. The number of ketones is 2. The van der Waals surface area contributed by atoms with E-state index in [-0.39, 0.29) is 45.4 Å². The molecule has 1 aliphatic rings. The van der Waals surface area contributed by atoms with E-state index in [2.05, 4.69) is 0 Å². The van der Waals surface area contributed by atoms with E-state index >= 15 is 0 Å². The molecular weight excluding hydrogens is 422 g/mol. The van der Waals surface area contributed by atoms with Crippen molar-refractivity contribution in [3.8, 4) is 5.75 Å². The topological polar surface area (TPSA) is 118 Å². The Bertz CT molecular complexity index is 998. The van der Waals surface area contributed by atoms with E-state index in [0.29, 0.717) is 13.0 Å². The average molecular weight is 444 g/mol. The van der Waals surface area contributed by atoms with Gasteiger partial charge in [0, 0.05) is 38.3 Å². The summed E-state index contributed by atoms with van der Waals surface area (Å²) in [6, 6.07) is 2.29. The molecule has 158 valence electrons. The standard InChI is InChI=1S/C19H22ClNO7S/c1-4-21(2)15(24)10-28-19-14(29(3,26)27)9-8-11(17(19)20)18(25)16-12(22)6-5-7-13(16)23/h8-9,22H,4-7,10H2,1-3H3. The number of ether oxygens (including phenoxy) is 1. The normalized spacial score (nSPS) is 14.7. The number of halogens is 1. The molecule has 29 heavy (non-hydrogen) atoms. The quantitative estimate of drug-likeness (QED) is 0.507. The van der Waals surface area contributed by atoms with E-state index in [1.165, 1.54) is 4.90 Å². The third-order valence-electron chi connectivity index (χ3n) is 4.56. The molecule has 2 rings (SSSR count).